The van der Waals surface area contributed by atoms with E-state index in [1.807, 2.05) is 0 Å². The topological polar surface area (TPSA) is 0 Å². The zero-order valence-corrected chi connectivity index (χ0v) is 76.3. The first-order valence-electron chi connectivity index (χ1n) is 46.6. The van der Waals surface area contributed by atoms with E-state index in [9.17, 15) is 0 Å². The maximum Gasteiger partial charge on any atom is 0 e. The Morgan fingerprint density at radius 1 is 0.447 bits per heavy atom. The van der Waals surface area contributed by atoms with Gasteiger partial charge in [-0.25, -0.2) is 0 Å². The normalized spacial score (nSPS) is 20.3. The standard InChI is InChI=1S/C100H186.B.H3P.H2S.H2/c1-20-23-24-25-26-27-28-29-30-31-32-33-34-35-36-37-38-39-40-41-42-43-44-45-46-47-48-49-50-51-52-53-54-55-56-69-84(10)94(70-58-57-68-83(9)85(11)89(15)98(82(8)21-2)77-95-76-93(22-3)87(13)86(12)88(95)14)71-61-72-96-90(16)91(17)99-78-100(19,75-73-97(99)92(96)18)74-62-67-81(7)66-60-65-80(6)64-59-63-79(4)5;;;;/h79-82,85-89,93-95,98H,9-10,20-78H2,1-8,11-19H3;;1H3;1H2;1H/t80-,81-,82-,85+,86+,87-,88-,89-,93+,94?,95+,98-,100-;;;;/m1..../s1. The van der Waals surface area contributed by atoms with E-state index in [1.165, 1.54) is 384 Å². The summed E-state index contributed by atoms with van der Waals surface area (Å²) in [7, 11) is 0. The first kappa shape index (κ1) is 103. The summed E-state index contributed by atoms with van der Waals surface area (Å²) >= 11 is 0. The maximum absolute atomic E-state index is 4.97. The third-order valence-electron chi connectivity index (χ3n) is 29.0. The van der Waals surface area contributed by atoms with Crippen LogP contribution >= 0.6 is 23.4 Å². The number of hydrogen-bond acceptors (Lipinski definition) is 0. The van der Waals surface area contributed by atoms with Crippen molar-refractivity contribution in [2.75, 3.05) is 0 Å². The SMILES string of the molecule is C=C(CCCCCCCCCCCCCCCCCCCCCCCCCCCCCCCCCCCCC)C(CCCCC(=C)[C@H](C)[C@@H](C)[C@H](C[C@@H]1C[C@H](CC)[C@H](C)[C@H](C)[C@H]1C)[C@H](C)CC)CCCc1c(C)c(C)c2c(c1C)CC[C@@](C)(CCC[C@H](C)CCC[C@H](C)CCCC(C)C)C2.P.S.[B].[HH]. The number of rotatable bonds is 66. The van der Waals surface area contributed by atoms with Crippen LogP contribution < -0.4 is 0 Å². The van der Waals surface area contributed by atoms with Crippen molar-refractivity contribution in [3.8, 4) is 0 Å². The van der Waals surface area contributed by atoms with Crippen molar-refractivity contribution in [2.24, 2.45) is 82.3 Å². The van der Waals surface area contributed by atoms with Gasteiger partial charge in [-0.15, -0.1) is 0 Å². The second kappa shape index (κ2) is 63.1. The van der Waals surface area contributed by atoms with E-state index in [1.54, 1.807) is 39.0 Å². The lowest BCUT2D eigenvalue weighted by atomic mass is 9.59. The Balaban J connectivity index is 0. The van der Waals surface area contributed by atoms with Crippen LogP contribution in [0.25, 0.3) is 0 Å². The zero-order valence-electron chi connectivity index (χ0n) is 73.9. The number of allylic oxidation sites excluding steroid dienone is 2. The van der Waals surface area contributed by atoms with Crippen molar-refractivity contribution in [3.05, 3.63) is 57.7 Å². The Labute approximate surface area is 665 Å². The van der Waals surface area contributed by atoms with Gasteiger partial charge in [-0.2, -0.15) is 23.4 Å². The summed E-state index contributed by atoms with van der Waals surface area (Å²) in [4.78, 5) is 0. The molecule has 0 spiro atoms. The lowest BCUT2D eigenvalue weighted by molar-refractivity contribution is 0.0339. The molecule has 0 heterocycles. The molecule has 0 N–H and O–H groups in total. The summed E-state index contributed by atoms with van der Waals surface area (Å²) in [6.07, 6.45) is 83.7. The molecule has 103 heavy (non-hydrogen) atoms. The summed E-state index contributed by atoms with van der Waals surface area (Å²) < 4.78 is 0. The van der Waals surface area contributed by atoms with Gasteiger partial charge in [-0.05, 0) is 226 Å². The van der Waals surface area contributed by atoms with Crippen LogP contribution in [0.3, 0.4) is 0 Å². The molecule has 14 atom stereocenters. The van der Waals surface area contributed by atoms with Crippen LogP contribution in [-0.2, 0) is 19.3 Å². The molecule has 0 nitrogen and oxygen atoms in total. The summed E-state index contributed by atoms with van der Waals surface area (Å²) in [5, 5.41) is 0. The molecule has 607 valence electrons. The quantitative estimate of drug-likeness (QED) is 0.0264. The summed E-state index contributed by atoms with van der Waals surface area (Å²) in [5.74, 6) is 10.4. The Hall–Kier alpha value is -0.455. The van der Waals surface area contributed by atoms with Crippen molar-refractivity contribution in [1.29, 1.82) is 0 Å². The van der Waals surface area contributed by atoms with Crippen LogP contribution in [-0.4, -0.2) is 8.41 Å². The molecular formula is C100H193BPS. The van der Waals surface area contributed by atoms with Crippen LogP contribution in [0.2, 0.25) is 0 Å². The highest BCUT2D eigenvalue weighted by molar-refractivity contribution is 7.59. The molecule has 2 aliphatic carbocycles. The largest absolute Gasteiger partial charge is 0.197 e. The van der Waals surface area contributed by atoms with E-state index >= 15 is 0 Å². The average Bonchev–Trinajstić information content (AvgIpc) is 0.761. The van der Waals surface area contributed by atoms with E-state index in [0.29, 0.717) is 23.2 Å². The molecule has 1 aromatic rings. The third kappa shape index (κ3) is 43.8. The number of unbranched alkanes of at least 4 members (excludes halogenated alkanes) is 35. The van der Waals surface area contributed by atoms with E-state index in [0.717, 1.165) is 59.2 Å². The first-order valence-corrected chi connectivity index (χ1v) is 46.6. The Kier molecular flexibility index (Phi) is 62.8. The number of hydrogen-bond donors (Lipinski definition) is 0. The van der Waals surface area contributed by atoms with E-state index in [2.05, 4.69) is 118 Å². The average molecular weight is 1470 g/mol. The van der Waals surface area contributed by atoms with Crippen molar-refractivity contribution in [1.82, 2.24) is 0 Å². The van der Waals surface area contributed by atoms with Gasteiger partial charge in [0.15, 0.2) is 0 Å². The molecule has 1 saturated carbocycles. The third-order valence-corrected chi connectivity index (χ3v) is 29.0. The molecule has 3 rings (SSSR count). The fourth-order valence-corrected chi connectivity index (χ4v) is 20.2. The minimum absolute atomic E-state index is 0. The molecule has 1 fully saturated rings. The molecular weight excluding hydrogens is 1270 g/mol. The molecule has 2 unspecified atom stereocenters. The Bertz CT molecular complexity index is 2160. The molecule has 0 saturated heterocycles. The van der Waals surface area contributed by atoms with Gasteiger partial charge in [0.25, 0.3) is 0 Å². The monoisotopic (exact) mass is 1470 g/mol. The minimum Gasteiger partial charge on any atom is -0.197 e. The van der Waals surface area contributed by atoms with Gasteiger partial charge in [-0.1, -0.05) is 410 Å². The Morgan fingerprint density at radius 3 is 1.28 bits per heavy atom. The molecule has 2 aliphatic rings. The molecule has 0 aliphatic heterocycles. The van der Waals surface area contributed by atoms with Gasteiger partial charge >= 0.3 is 0 Å². The predicted octanol–water partition coefficient (Wildman–Crippen LogP) is 34.5. The lowest BCUT2D eigenvalue weighted by Crippen LogP contribution is -2.38. The highest BCUT2D eigenvalue weighted by Gasteiger charge is 2.40. The van der Waals surface area contributed by atoms with Crippen LogP contribution in [0.5, 0.6) is 0 Å². The van der Waals surface area contributed by atoms with Crippen LogP contribution in [0.1, 0.15) is 491 Å². The number of benzene rings is 1. The number of fused-ring (bicyclic) bond motifs is 1. The Morgan fingerprint density at radius 2 is 0.845 bits per heavy atom. The van der Waals surface area contributed by atoms with Crippen LogP contribution in [0, 0.1) is 103 Å². The van der Waals surface area contributed by atoms with Crippen molar-refractivity contribution in [2.45, 2.75) is 497 Å². The van der Waals surface area contributed by atoms with E-state index in [-0.39, 0.29) is 33.2 Å². The summed E-state index contributed by atoms with van der Waals surface area (Å²) in [6, 6.07) is 0. The summed E-state index contributed by atoms with van der Waals surface area (Å²) in [6.45, 7) is 52.6. The van der Waals surface area contributed by atoms with Gasteiger partial charge in [0.1, 0.15) is 0 Å². The van der Waals surface area contributed by atoms with Gasteiger partial charge in [0.2, 0.25) is 0 Å². The second-order valence-corrected chi connectivity index (χ2v) is 37.8. The van der Waals surface area contributed by atoms with Crippen LogP contribution in [0.15, 0.2) is 24.3 Å². The van der Waals surface area contributed by atoms with E-state index in [4.69, 9.17) is 13.2 Å². The maximum atomic E-state index is 4.97. The fraction of sp³-hybridized carbons (Fsp3) is 0.900. The minimum atomic E-state index is 0. The van der Waals surface area contributed by atoms with Crippen molar-refractivity contribution >= 4 is 31.8 Å². The molecule has 3 radical (unpaired) electrons. The van der Waals surface area contributed by atoms with E-state index < -0.39 is 0 Å². The highest BCUT2D eigenvalue weighted by Crippen LogP contribution is 2.49. The fourth-order valence-electron chi connectivity index (χ4n) is 20.2. The highest BCUT2D eigenvalue weighted by atomic mass is 32.1. The summed E-state index contributed by atoms with van der Waals surface area (Å²) in [5.41, 5.74) is 13.7. The van der Waals surface area contributed by atoms with Crippen molar-refractivity contribution in [3.63, 3.8) is 0 Å². The van der Waals surface area contributed by atoms with Crippen LogP contribution in [0.4, 0.5) is 0 Å². The van der Waals surface area contributed by atoms with Gasteiger partial charge < -0.3 is 0 Å². The molecule has 1 aromatic carbocycles. The predicted molar refractivity (Wildman–Crippen MR) is 485 cm³/mol. The zero-order chi connectivity index (χ0) is 73.3. The molecule has 0 aromatic heterocycles. The second-order valence-electron chi connectivity index (χ2n) is 37.8. The first-order chi connectivity index (χ1) is 48.2. The lowest BCUT2D eigenvalue weighted by Gasteiger charge is -2.46. The smallest absolute Gasteiger partial charge is 0 e. The molecule has 0 bridgehead atoms. The van der Waals surface area contributed by atoms with Gasteiger partial charge in [-0.3, -0.25) is 0 Å². The van der Waals surface area contributed by atoms with Crippen molar-refractivity contribution < 1.29 is 1.43 Å². The van der Waals surface area contributed by atoms with Gasteiger partial charge in [0.05, 0.1) is 0 Å². The molecule has 3 heteroatoms. The van der Waals surface area contributed by atoms with Gasteiger partial charge in [0, 0.05) is 9.84 Å². The molecule has 0 amide bonds.